The molecule has 9 aromatic rings. The first kappa shape index (κ1) is 34.6. The third-order valence-corrected chi connectivity index (χ3v) is 13.4. The fourth-order valence-corrected chi connectivity index (χ4v) is 10.5. The van der Waals surface area contributed by atoms with Gasteiger partial charge >= 0.3 is 0 Å². The Hall–Kier alpha value is -6.64. The van der Waals surface area contributed by atoms with Crippen molar-refractivity contribution >= 4 is 38.7 Å². The number of hydrogen-bond donors (Lipinski definition) is 0. The van der Waals surface area contributed by atoms with E-state index in [0.717, 1.165) is 12.2 Å². The molecule has 0 radical (unpaired) electrons. The van der Waals surface area contributed by atoms with E-state index in [4.69, 9.17) is 0 Å². The van der Waals surface area contributed by atoms with Gasteiger partial charge in [-0.05, 0) is 116 Å². The summed E-state index contributed by atoms with van der Waals surface area (Å²) in [6, 6.07) is 65.8. The van der Waals surface area contributed by atoms with E-state index in [1.165, 1.54) is 99.9 Å². The third kappa shape index (κ3) is 4.91. The summed E-state index contributed by atoms with van der Waals surface area (Å²) in [6.45, 7) is 12.6. The van der Waals surface area contributed by atoms with Crippen molar-refractivity contribution < 1.29 is 0 Å². The summed E-state index contributed by atoms with van der Waals surface area (Å²) in [6.07, 6.45) is 0. The summed E-state index contributed by atoms with van der Waals surface area (Å²) >= 11 is 0. The maximum Gasteiger partial charge on any atom is 0.0571 e. The molecule has 58 heavy (non-hydrogen) atoms. The Morgan fingerprint density at radius 2 is 0.931 bits per heavy atom. The van der Waals surface area contributed by atoms with Crippen molar-refractivity contribution in [2.75, 3.05) is 4.90 Å². The van der Waals surface area contributed by atoms with Gasteiger partial charge in [-0.15, -0.1) is 0 Å². The average molecular weight is 747 g/mol. The monoisotopic (exact) mass is 746 g/mol. The van der Waals surface area contributed by atoms with Gasteiger partial charge in [0.05, 0.1) is 5.69 Å². The molecule has 2 aliphatic rings. The van der Waals surface area contributed by atoms with E-state index in [2.05, 4.69) is 220 Å². The largest absolute Gasteiger partial charge is 0.340 e. The van der Waals surface area contributed by atoms with Crippen molar-refractivity contribution in [2.24, 2.45) is 0 Å². The molecule has 0 unspecified atom stereocenters. The van der Waals surface area contributed by atoms with Crippen LogP contribution in [0, 0.1) is 0 Å². The normalized spacial score (nSPS) is 14.3. The summed E-state index contributed by atoms with van der Waals surface area (Å²) in [4.78, 5) is 2.49. The van der Waals surface area contributed by atoms with E-state index in [-0.39, 0.29) is 10.8 Å². The number of rotatable bonds is 6. The molecule has 0 atom stereocenters. The number of aromatic nitrogens is 1. The molecule has 0 spiro atoms. The molecule has 1 aromatic heterocycles. The highest BCUT2D eigenvalue weighted by Gasteiger charge is 2.38. The van der Waals surface area contributed by atoms with Gasteiger partial charge in [-0.1, -0.05) is 161 Å². The zero-order valence-electron chi connectivity index (χ0n) is 33.8. The molecule has 0 amide bonds. The summed E-state index contributed by atoms with van der Waals surface area (Å²) in [5, 5.41) is 3.79. The van der Waals surface area contributed by atoms with Gasteiger partial charge in [0.2, 0.25) is 0 Å². The molecular formula is C56H46N2. The zero-order chi connectivity index (χ0) is 39.3. The quantitative estimate of drug-likeness (QED) is 0.164. The fraction of sp³-hybridized carbons (Fsp3) is 0.143. The number of fused-ring (bicyclic) bond motifs is 9. The number of aryl methyl sites for hydroxylation is 1. The molecule has 2 nitrogen and oxygen atoms in total. The van der Waals surface area contributed by atoms with Crippen molar-refractivity contribution in [2.45, 2.75) is 52.0 Å². The molecule has 8 aromatic carbocycles. The van der Waals surface area contributed by atoms with Gasteiger partial charge in [0.1, 0.15) is 0 Å². The highest BCUT2D eigenvalue weighted by atomic mass is 15.1. The lowest BCUT2D eigenvalue weighted by Gasteiger charge is -2.30. The Morgan fingerprint density at radius 1 is 0.448 bits per heavy atom. The Balaban J connectivity index is 1.15. The fourth-order valence-electron chi connectivity index (χ4n) is 10.5. The van der Waals surface area contributed by atoms with Gasteiger partial charge in [0.15, 0.2) is 0 Å². The number of nitrogens with zero attached hydrogens (tertiary/aromatic N) is 2. The lowest BCUT2D eigenvalue weighted by Crippen LogP contribution is -2.18. The summed E-state index contributed by atoms with van der Waals surface area (Å²) in [5.41, 5.74) is 20.4. The average Bonchev–Trinajstić information content (AvgIpc) is 3.81. The van der Waals surface area contributed by atoms with Gasteiger partial charge in [0, 0.05) is 50.9 Å². The zero-order valence-corrected chi connectivity index (χ0v) is 33.8. The van der Waals surface area contributed by atoms with Gasteiger partial charge in [-0.3, -0.25) is 0 Å². The first-order chi connectivity index (χ1) is 28.3. The van der Waals surface area contributed by atoms with Crippen molar-refractivity contribution in [3.63, 3.8) is 0 Å². The van der Waals surface area contributed by atoms with Crippen LogP contribution in [0.25, 0.3) is 66.3 Å². The van der Waals surface area contributed by atoms with Crippen LogP contribution < -0.4 is 4.90 Å². The van der Waals surface area contributed by atoms with Crippen LogP contribution in [-0.4, -0.2) is 4.57 Å². The summed E-state index contributed by atoms with van der Waals surface area (Å²) in [7, 11) is 0. The minimum Gasteiger partial charge on any atom is -0.340 e. The molecule has 1 heterocycles. The van der Waals surface area contributed by atoms with Crippen LogP contribution in [0.2, 0.25) is 0 Å². The molecule has 11 rings (SSSR count). The van der Waals surface area contributed by atoms with Crippen LogP contribution in [0.5, 0.6) is 0 Å². The molecule has 0 fully saturated rings. The second kappa shape index (κ2) is 12.7. The number of benzene rings is 8. The topological polar surface area (TPSA) is 8.17 Å². The van der Waals surface area contributed by atoms with Crippen LogP contribution in [0.1, 0.15) is 56.9 Å². The van der Waals surface area contributed by atoms with Crippen LogP contribution in [0.15, 0.2) is 176 Å². The Morgan fingerprint density at radius 3 is 1.50 bits per heavy atom. The first-order valence-electron chi connectivity index (χ1n) is 20.7. The van der Waals surface area contributed by atoms with Crippen molar-refractivity contribution in [3.8, 4) is 44.6 Å². The van der Waals surface area contributed by atoms with Crippen LogP contribution >= 0.6 is 0 Å². The SMILES string of the molecule is CCn1c(-c2ccccc2)c(-c2ccccc2)c2c3ccc(N(c4ccc5c(c4)C(C)(C)c4ccccc4-5)c4ccc5c(c4)C(C)(C)c4ccccc4-5)cc3ccc21. The smallest absolute Gasteiger partial charge is 0.0571 e. The van der Waals surface area contributed by atoms with Crippen LogP contribution in [0.3, 0.4) is 0 Å². The predicted octanol–water partition coefficient (Wildman–Crippen LogP) is 15.2. The minimum absolute atomic E-state index is 0.110. The van der Waals surface area contributed by atoms with Gasteiger partial charge < -0.3 is 9.47 Å². The first-order valence-corrected chi connectivity index (χ1v) is 20.7. The van der Waals surface area contributed by atoms with E-state index in [9.17, 15) is 0 Å². The van der Waals surface area contributed by atoms with Crippen LogP contribution in [0.4, 0.5) is 17.1 Å². The Kier molecular flexibility index (Phi) is 7.56. The van der Waals surface area contributed by atoms with E-state index in [1.54, 1.807) is 0 Å². The molecule has 2 heteroatoms. The molecule has 280 valence electrons. The van der Waals surface area contributed by atoms with Gasteiger partial charge in [-0.2, -0.15) is 0 Å². The van der Waals surface area contributed by atoms with Gasteiger partial charge in [-0.25, -0.2) is 0 Å². The molecule has 0 aliphatic heterocycles. The summed E-state index contributed by atoms with van der Waals surface area (Å²) in [5.74, 6) is 0. The highest BCUT2D eigenvalue weighted by molar-refractivity contribution is 6.18. The predicted molar refractivity (Wildman–Crippen MR) is 246 cm³/mol. The van der Waals surface area contributed by atoms with E-state index in [0.29, 0.717) is 0 Å². The number of anilines is 3. The Bertz CT molecular complexity index is 2980. The van der Waals surface area contributed by atoms with E-state index in [1.807, 2.05) is 0 Å². The lowest BCUT2D eigenvalue weighted by atomic mass is 9.82. The second-order valence-corrected chi connectivity index (χ2v) is 17.2. The number of hydrogen-bond acceptors (Lipinski definition) is 1. The maximum atomic E-state index is 2.50. The molecular weight excluding hydrogens is 701 g/mol. The van der Waals surface area contributed by atoms with Crippen molar-refractivity contribution in [1.29, 1.82) is 0 Å². The van der Waals surface area contributed by atoms with E-state index < -0.39 is 0 Å². The highest BCUT2D eigenvalue weighted by Crippen LogP contribution is 2.53. The van der Waals surface area contributed by atoms with Crippen molar-refractivity contribution in [3.05, 3.63) is 198 Å². The molecule has 0 bridgehead atoms. The molecule has 2 aliphatic carbocycles. The van der Waals surface area contributed by atoms with Crippen molar-refractivity contribution in [1.82, 2.24) is 4.57 Å². The Labute approximate surface area is 341 Å². The maximum absolute atomic E-state index is 2.50. The van der Waals surface area contributed by atoms with E-state index >= 15 is 0 Å². The summed E-state index contributed by atoms with van der Waals surface area (Å²) < 4.78 is 2.50. The lowest BCUT2D eigenvalue weighted by molar-refractivity contribution is 0.660. The molecule has 0 saturated carbocycles. The minimum atomic E-state index is -0.110. The van der Waals surface area contributed by atoms with Gasteiger partial charge in [0.25, 0.3) is 0 Å². The standard InChI is InChI=1S/C56H46N2/c1-6-57-51-32-25-38-33-39(26-29-42(38)53(51)52(36-17-9-7-10-18-36)54(57)37-19-11-8-12-20-37)58(40-27-30-45-43-21-13-15-23-47(43)55(2,3)49(45)34-40)41-28-31-46-44-22-14-16-24-48(44)56(4,5)50(46)35-41/h7-35H,6H2,1-5H3. The third-order valence-electron chi connectivity index (χ3n) is 13.4. The molecule has 0 N–H and O–H groups in total. The second-order valence-electron chi connectivity index (χ2n) is 17.2. The molecule has 0 saturated heterocycles. The van der Waals surface area contributed by atoms with Crippen LogP contribution in [-0.2, 0) is 17.4 Å².